The molecule has 318 valence electrons. The van der Waals surface area contributed by atoms with Crippen LogP contribution >= 0.6 is 0 Å². The second-order valence-electron chi connectivity index (χ2n) is 17.2. The predicted molar refractivity (Wildman–Crippen MR) is 281 cm³/mol. The third-order valence-corrected chi connectivity index (χ3v) is 13.2. The molecule has 0 radical (unpaired) electrons. The maximum Gasteiger partial charge on any atom is 0.164 e. The summed E-state index contributed by atoms with van der Waals surface area (Å²) >= 11 is 0. The highest BCUT2D eigenvalue weighted by molar-refractivity contribution is 6.11. The van der Waals surface area contributed by atoms with Crippen molar-refractivity contribution in [3.8, 4) is 78.9 Å². The quantitative estimate of drug-likeness (QED) is 0.153. The van der Waals surface area contributed by atoms with E-state index >= 15 is 0 Å². The van der Waals surface area contributed by atoms with E-state index < -0.39 is 0 Å². The Labute approximate surface area is 393 Å². The number of para-hydroxylation sites is 3. The number of aromatic nitrogens is 5. The Balaban J connectivity index is 0.990. The SMILES string of the molecule is c1ccc(-c2ccc(-c3ccc(-c4nc(-c5ccccc5)nc(-c5cccc(-n6c7ccccc7c7cc(-c8ccccc8)ccc76)c5)n4)cc3-n3c4ccccc4c4ccccc43)cc2)cc1. The normalized spacial score (nSPS) is 11.5. The second-order valence-corrected chi connectivity index (χ2v) is 17.2. The van der Waals surface area contributed by atoms with Gasteiger partial charge in [0.25, 0.3) is 0 Å². The summed E-state index contributed by atoms with van der Waals surface area (Å²) in [6.07, 6.45) is 0. The van der Waals surface area contributed by atoms with Gasteiger partial charge in [-0.2, -0.15) is 0 Å². The summed E-state index contributed by atoms with van der Waals surface area (Å²) in [5, 5.41) is 4.81. The van der Waals surface area contributed by atoms with Gasteiger partial charge < -0.3 is 9.13 Å². The first-order chi connectivity index (χ1) is 33.7. The van der Waals surface area contributed by atoms with Crippen LogP contribution in [0, 0.1) is 0 Å². The first-order valence-corrected chi connectivity index (χ1v) is 23.0. The highest BCUT2D eigenvalue weighted by atomic mass is 15.0. The van der Waals surface area contributed by atoms with Gasteiger partial charge >= 0.3 is 0 Å². The molecule has 5 nitrogen and oxygen atoms in total. The molecule has 0 N–H and O–H groups in total. The van der Waals surface area contributed by atoms with Crippen LogP contribution in [-0.2, 0) is 0 Å². The fraction of sp³-hybridized carbons (Fsp3) is 0. The fourth-order valence-electron chi connectivity index (χ4n) is 9.95. The van der Waals surface area contributed by atoms with Crippen molar-refractivity contribution in [2.75, 3.05) is 0 Å². The summed E-state index contributed by atoms with van der Waals surface area (Å²) in [7, 11) is 0. The molecule has 13 rings (SSSR count). The summed E-state index contributed by atoms with van der Waals surface area (Å²) in [5.74, 6) is 1.81. The molecule has 13 aromatic rings. The van der Waals surface area contributed by atoms with Gasteiger partial charge in [-0.1, -0.05) is 200 Å². The van der Waals surface area contributed by atoms with E-state index in [2.05, 4.69) is 240 Å². The van der Waals surface area contributed by atoms with Crippen molar-refractivity contribution in [1.29, 1.82) is 0 Å². The maximum atomic E-state index is 5.35. The van der Waals surface area contributed by atoms with Crippen LogP contribution in [-0.4, -0.2) is 24.1 Å². The Morgan fingerprint density at radius 1 is 0.235 bits per heavy atom. The van der Waals surface area contributed by atoms with Crippen molar-refractivity contribution in [2.24, 2.45) is 0 Å². The largest absolute Gasteiger partial charge is 0.309 e. The summed E-state index contributed by atoms with van der Waals surface area (Å²) < 4.78 is 4.75. The molecule has 3 aromatic heterocycles. The average Bonchev–Trinajstić information content (AvgIpc) is 3.94. The Morgan fingerprint density at radius 2 is 0.647 bits per heavy atom. The molecule has 10 aromatic carbocycles. The average molecular weight is 868 g/mol. The smallest absolute Gasteiger partial charge is 0.164 e. The van der Waals surface area contributed by atoms with Crippen LogP contribution in [0.25, 0.3) is 123 Å². The molecule has 0 bridgehead atoms. The Hall–Kier alpha value is -9.19. The number of hydrogen-bond donors (Lipinski definition) is 0. The summed E-state index contributed by atoms with van der Waals surface area (Å²) in [6.45, 7) is 0. The van der Waals surface area contributed by atoms with Gasteiger partial charge in [0, 0.05) is 49.5 Å². The lowest BCUT2D eigenvalue weighted by atomic mass is 9.97. The number of rotatable bonds is 8. The van der Waals surface area contributed by atoms with Crippen LogP contribution in [0.1, 0.15) is 0 Å². The molecule has 0 atom stereocenters. The fourth-order valence-corrected chi connectivity index (χ4v) is 9.95. The summed E-state index contributed by atoms with van der Waals surface area (Å²) in [4.78, 5) is 15.8. The number of benzene rings is 10. The molecule has 0 saturated carbocycles. The molecule has 5 heteroatoms. The van der Waals surface area contributed by atoms with Crippen LogP contribution in [0.4, 0.5) is 0 Å². The topological polar surface area (TPSA) is 48.5 Å². The summed E-state index contributed by atoms with van der Waals surface area (Å²) in [6, 6.07) is 88.2. The Morgan fingerprint density at radius 3 is 1.26 bits per heavy atom. The highest BCUT2D eigenvalue weighted by Crippen LogP contribution is 2.40. The van der Waals surface area contributed by atoms with E-state index in [0.29, 0.717) is 17.5 Å². The minimum absolute atomic E-state index is 0.595. The zero-order valence-electron chi connectivity index (χ0n) is 36.9. The van der Waals surface area contributed by atoms with Crippen molar-refractivity contribution < 1.29 is 0 Å². The van der Waals surface area contributed by atoms with Crippen molar-refractivity contribution in [3.63, 3.8) is 0 Å². The minimum atomic E-state index is 0.595. The van der Waals surface area contributed by atoms with Gasteiger partial charge in [-0.05, 0) is 76.3 Å². The van der Waals surface area contributed by atoms with Crippen LogP contribution in [0.2, 0.25) is 0 Å². The van der Waals surface area contributed by atoms with E-state index in [9.17, 15) is 0 Å². The van der Waals surface area contributed by atoms with Crippen molar-refractivity contribution in [3.05, 3.63) is 249 Å². The standard InChI is InChI=1S/C63H41N5/c1-4-17-42(18-5-1)44-31-33-45(34-32-44)51-37-35-49(41-60(51)68-57-29-14-10-25-52(57)53-26-11-15-30-58(53)68)63-65-61(46-21-8-3-9-22-46)64-62(66-63)48-23-16-24-50(39-48)67-56-28-13-12-27-54(56)55-40-47(36-38-59(55)67)43-19-6-2-7-20-43/h1-41H. The Kier molecular flexibility index (Phi) is 9.43. The van der Waals surface area contributed by atoms with E-state index in [1.54, 1.807) is 0 Å². The van der Waals surface area contributed by atoms with Gasteiger partial charge in [-0.3, -0.25) is 0 Å². The molecule has 0 aliphatic rings. The minimum Gasteiger partial charge on any atom is -0.309 e. The predicted octanol–water partition coefficient (Wildman–Crippen LogP) is 16.1. The first-order valence-electron chi connectivity index (χ1n) is 23.0. The van der Waals surface area contributed by atoms with Crippen LogP contribution < -0.4 is 0 Å². The Bertz CT molecular complexity index is 3950. The van der Waals surface area contributed by atoms with E-state index in [4.69, 9.17) is 15.0 Å². The van der Waals surface area contributed by atoms with Crippen molar-refractivity contribution >= 4 is 43.6 Å². The summed E-state index contributed by atoms with van der Waals surface area (Å²) in [5.41, 5.74) is 16.3. The molecule has 68 heavy (non-hydrogen) atoms. The number of hydrogen-bond acceptors (Lipinski definition) is 3. The zero-order chi connectivity index (χ0) is 45.0. The molecule has 0 amide bonds. The third-order valence-electron chi connectivity index (χ3n) is 13.2. The third kappa shape index (κ3) is 6.76. The molecular weight excluding hydrogens is 827 g/mol. The van der Waals surface area contributed by atoms with Crippen LogP contribution in [0.3, 0.4) is 0 Å². The molecule has 0 aliphatic carbocycles. The van der Waals surface area contributed by atoms with Crippen LogP contribution in [0.5, 0.6) is 0 Å². The van der Waals surface area contributed by atoms with Gasteiger partial charge in [0.15, 0.2) is 17.5 Å². The molecule has 3 heterocycles. The van der Waals surface area contributed by atoms with Gasteiger partial charge in [0.2, 0.25) is 0 Å². The molecule has 0 saturated heterocycles. The lowest BCUT2D eigenvalue weighted by molar-refractivity contribution is 1.07. The van der Waals surface area contributed by atoms with Crippen molar-refractivity contribution in [2.45, 2.75) is 0 Å². The highest BCUT2D eigenvalue weighted by Gasteiger charge is 2.20. The number of nitrogens with zero attached hydrogens (tertiary/aromatic N) is 5. The lowest BCUT2D eigenvalue weighted by Gasteiger charge is -2.17. The first kappa shape index (κ1) is 39.2. The van der Waals surface area contributed by atoms with Gasteiger partial charge in [-0.15, -0.1) is 0 Å². The lowest BCUT2D eigenvalue weighted by Crippen LogP contribution is -2.03. The second kappa shape index (κ2) is 16.4. The monoisotopic (exact) mass is 867 g/mol. The van der Waals surface area contributed by atoms with E-state index in [1.165, 1.54) is 43.8 Å². The van der Waals surface area contributed by atoms with Gasteiger partial charge in [0.1, 0.15) is 0 Å². The number of fused-ring (bicyclic) bond motifs is 6. The molecular formula is C63H41N5. The van der Waals surface area contributed by atoms with E-state index in [-0.39, 0.29) is 0 Å². The molecule has 0 unspecified atom stereocenters. The molecule has 0 spiro atoms. The molecule has 0 fully saturated rings. The maximum absolute atomic E-state index is 5.35. The van der Waals surface area contributed by atoms with Gasteiger partial charge in [0.05, 0.1) is 27.8 Å². The van der Waals surface area contributed by atoms with E-state index in [0.717, 1.165) is 61.3 Å². The van der Waals surface area contributed by atoms with Gasteiger partial charge in [-0.25, -0.2) is 15.0 Å². The van der Waals surface area contributed by atoms with E-state index in [1.807, 2.05) is 18.2 Å². The van der Waals surface area contributed by atoms with Crippen LogP contribution in [0.15, 0.2) is 249 Å². The molecule has 0 aliphatic heterocycles. The van der Waals surface area contributed by atoms with Crippen molar-refractivity contribution in [1.82, 2.24) is 24.1 Å². The zero-order valence-corrected chi connectivity index (χ0v) is 36.9.